The van der Waals surface area contributed by atoms with Crippen molar-refractivity contribution in [3.05, 3.63) is 68.9 Å². The van der Waals surface area contributed by atoms with Crippen molar-refractivity contribution in [3.8, 4) is 0 Å². The summed E-state index contributed by atoms with van der Waals surface area (Å²) in [5.41, 5.74) is 0.227. The Kier molecular flexibility index (Phi) is 5.38. The van der Waals surface area contributed by atoms with Gasteiger partial charge in [0.1, 0.15) is 5.82 Å². The fourth-order valence-electron chi connectivity index (χ4n) is 2.28. The number of aliphatic hydroxyl groups excluding tert-OH is 2. The molecule has 0 aromatic heterocycles. The van der Waals surface area contributed by atoms with E-state index in [1.165, 1.54) is 6.07 Å². The molecule has 0 spiro atoms. The van der Waals surface area contributed by atoms with Crippen LogP contribution in [0.3, 0.4) is 0 Å². The van der Waals surface area contributed by atoms with E-state index in [9.17, 15) is 14.6 Å². The first-order valence-corrected chi connectivity index (χ1v) is 7.59. The quantitative estimate of drug-likeness (QED) is 0.839. The predicted molar refractivity (Wildman–Crippen MR) is 85.1 cm³/mol. The topological polar surface area (TPSA) is 40.5 Å². The zero-order valence-corrected chi connectivity index (χ0v) is 13.5. The highest BCUT2D eigenvalue weighted by molar-refractivity contribution is 9.10. The molecule has 0 unspecified atom stereocenters. The van der Waals surface area contributed by atoms with Crippen molar-refractivity contribution < 1.29 is 14.6 Å². The average Bonchev–Trinajstić information content (AvgIpc) is 2.48. The highest BCUT2D eigenvalue weighted by Crippen LogP contribution is 2.30. The molecule has 0 atom stereocenters. The van der Waals surface area contributed by atoms with Crippen LogP contribution in [0, 0.1) is 5.82 Å². The second-order valence-electron chi connectivity index (χ2n) is 5.02. The summed E-state index contributed by atoms with van der Waals surface area (Å²) < 4.78 is 14.9. The summed E-state index contributed by atoms with van der Waals surface area (Å²) in [6.07, 6.45) is 0.185. The van der Waals surface area contributed by atoms with Crippen LogP contribution in [0.15, 0.2) is 46.9 Å². The Morgan fingerprint density at radius 3 is 2.19 bits per heavy atom. The normalized spacial score (nSPS) is 11.7. The first kappa shape index (κ1) is 16.4. The number of aliphatic hydroxyl groups is 2. The minimum absolute atomic E-state index is 0.185. The average molecular weight is 374 g/mol. The molecule has 0 radical (unpaired) electrons. The molecule has 2 aromatic carbocycles. The molecule has 21 heavy (non-hydrogen) atoms. The first-order valence-electron chi connectivity index (χ1n) is 6.42. The fraction of sp³-hybridized carbons (Fsp3) is 0.250. The van der Waals surface area contributed by atoms with Crippen LogP contribution < -0.4 is 0 Å². The SMILES string of the molecule is OCC(CO)(Cc1ccc(Cl)cc1F)c1ccc(Br)cc1. The minimum atomic E-state index is -0.935. The van der Waals surface area contributed by atoms with E-state index in [1.807, 2.05) is 24.3 Å². The molecular weight excluding hydrogens is 359 g/mol. The third-order valence-corrected chi connectivity index (χ3v) is 4.37. The Morgan fingerprint density at radius 1 is 1.05 bits per heavy atom. The van der Waals surface area contributed by atoms with Gasteiger partial charge in [0.2, 0.25) is 0 Å². The number of rotatable bonds is 5. The van der Waals surface area contributed by atoms with Gasteiger partial charge in [-0.25, -0.2) is 4.39 Å². The van der Waals surface area contributed by atoms with E-state index in [2.05, 4.69) is 15.9 Å². The zero-order valence-electron chi connectivity index (χ0n) is 11.2. The highest BCUT2D eigenvalue weighted by atomic mass is 79.9. The molecule has 2 nitrogen and oxygen atoms in total. The van der Waals surface area contributed by atoms with E-state index in [-0.39, 0.29) is 19.6 Å². The van der Waals surface area contributed by atoms with Gasteiger partial charge in [0.15, 0.2) is 0 Å². The molecule has 112 valence electrons. The number of benzene rings is 2. The molecule has 5 heteroatoms. The van der Waals surface area contributed by atoms with E-state index in [0.29, 0.717) is 10.6 Å². The molecule has 2 rings (SSSR count). The molecule has 0 heterocycles. The second-order valence-corrected chi connectivity index (χ2v) is 6.37. The Labute approximate surface area is 136 Å². The maximum absolute atomic E-state index is 14.0. The van der Waals surface area contributed by atoms with Gasteiger partial charge in [0.25, 0.3) is 0 Å². The minimum Gasteiger partial charge on any atom is -0.395 e. The number of hydrogen-bond donors (Lipinski definition) is 2. The van der Waals surface area contributed by atoms with E-state index in [0.717, 1.165) is 10.0 Å². The lowest BCUT2D eigenvalue weighted by molar-refractivity contribution is 0.115. The summed E-state index contributed by atoms with van der Waals surface area (Å²) >= 11 is 9.09. The lowest BCUT2D eigenvalue weighted by atomic mass is 9.77. The molecule has 2 N–H and O–H groups in total. The van der Waals surface area contributed by atoms with Gasteiger partial charge < -0.3 is 10.2 Å². The smallest absolute Gasteiger partial charge is 0.127 e. The van der Waals surface area contributed by atoms with Crippen LogP contribution in [-0.4, -0.2) is 23.4 Å². The lowest BCUT2D eigenvalue weighted by Gasteiger charge is -2.31. The maximum atomic E-state index is 14.0. The Balaban J connectivity index is 2.40. The van der Waals surface area contributed by atoms with E-state index < -0.39 is 11.2 Å². The van der Waals surface area contributed by atoms with Gasteiger partial charge >= 0.3 is 0 Å². The van der Waals surface area contributed by atoms with E-state index >= 15 is 0 Å². The van der Waals surface area contributed by atoms with Crippen molar-refractivity contribution in [2.24, 2.45) is 0 Å². The summed E-state index contributed by atoms with van der Waals surface area (Å²) in [4.78, 5) is 0. The number of hydrogen-bond acceptors (Lipinski definition) is 2. The van der Waals surface area contributed by atoms with Crippen molar-refractivity contribution in [2.45, 2.75) is 11.8 Å². The van der Waals surface area contributed by atoms with Crippen molar-refractivity contribution >= 4 is 27.5 Å². The van der Waals surface area contributed by atoms with Crippen LogP contribution in [0.5, 0.6) is 0 Å². The van der Waals surface area contributed by atoms with Crippen LogP contribution in [0.25, 0.3) is 0 Å². The van der Waals surface area contributed by atoms with Gasteiger partial charge in [-0.15, -0.1) is 0 Å². The van der Waals surface area contributed by atoms with Crippen LogP contribution in [0.4, 0.5) is 4.39 Å². The van der Waals surface area contributed by atoms with Crippen LogP contribution >= 0.6 is 27.5 Å². The molecule has 0 amide bonds. The van der Waals surface area contributed by atoms with Gasteiger partial charge in [-0.3, -0.25) is 0 Å². The lowest BCUT2D eigenvalue weighted by Crippen LogP contribution is -2.37. The van der Waals surface area contributed by atoms with E-state index in [1.54, 1.807) is 12.1 Å². The van der Waals surface area contributed by atoms with Crippen LogP contribution in [0.2, 0.25) is 5.02 Å². The number of halogens is 3. The van der Waals surface area contributed by atoms with Crippen molar-refractivity contribution in [2.75, 3.05) is 13.2 Å². The molecular formula is C16H15BrClFO2. The largest absolute Gasteiger partial charge is 0.395 e. The summed E-state index contributed by atoms with van der Waals surface area (Å²) in [5.74, 6) is -0.439. The third kappa shape index (κ3) is 3.64. The maximum Gasteiger partial charge on any atom is 0.127 e. The first-order chi connectivity index (χ1) is 10.0. The van der Waals surface area contributed by atoms with E-state index in [4.69, 9.17) is 11.6 Å². The Hall–Kier alpha value is -0.940. The summed E-state index contributed by atoms with van der Waals surface area (Å²) in [6.45, 7) is -0.569. The van der Waals surface area contributed by atoms with Gasteiger partial charge in [-0.2, -0.15) is 0 Å². The van der Waals surface area contributed by atoms with Crippen molar-refractivity contribution in [3.63, 3.8) is 0 Å². The summed E-state index contributed by atoms with van der Waals surface area (Å²) in [6, 6.07) is 11.7. The van der Waals surface area contributed by atoms with Gasteiger partial charge in [-0.05, 0) is 41.8 Å². The molecule has 0 fully saturated rings. The molecule has 0 saturated carbocycles. The van der Waals surface area contributed by atoms with Gasteiger partial charge in [0, 0.05) is 14.9 Å². The monoisotopic (exact) mass is 372 g/mol. The standard InChI is InChI=1S/C16H15BrClFO2/c17-13-4-2-12(3-5-13)16(9-20,10-21)8-11-1-6-14(18)7-15(11)19/h1-7,20-21H,8-10H2. The van der Waals surface area contributed by atoms with Crippen molar-refractivity contribution in [1.29, 1.82) is 0 Å². The zero-order chi connectivity index (χ0) is 15.5. The van der Waals surface area contributed by atoms with Gasteiger partial charge in [0.05, 0.1) is 13.2 Å². The summed E-state index contributed by atoms with van der Waals surface area (Å²) in [5, 5.41) is 19.9. The van der Waals surface area contributed by atoms with Crippen LogP contribution in [0.1, 0.15) is 11.1 Å². The molecule has 0 aliphatic carbocycles. The highest BCUT2D eigenvalue weighted by Gasteiger charge is 2.32. The second kappa shape index (κ2) is 6.88. The third-order valence-electron chi connectivity index (χ3n) is 3.61. The molecule has 0 saturated heterocycles. The Bertz CT molecular complexity index is 612. The van der Waals surface area contributed by atoms with Gasteiger partial charge in [-0.1, -0.05) is 45.7 Å². The predicted octanol–water partition coefficient (Wildman–Crippen LogP) is 3.71. The molecule has 0 bridgehead atoms. The van der Waals surface area contributed by atoms with Crippen LogP contribution in [-0.2, 0) is 11.8 Å². The van der Waals surface area contributed by atoms with Crippen molar-refractivity contribution in [1.82, 2.24) is 0 Å². The molecule has 0 aliphatic heterocycles. The summed E-state index contributed by atoms with van der Waals surface area (Å²) in [7, 11) is 0. The molecule has 0 aliphatic rings. The fourth-order valence-corrected chi connectivity index (χ4v) is 2.70. The Morgan fingerprint density at radius 2 is 1.67 bits per heavy atom. The molecule has 2 aromatic rings.